The number of anilines is 2. The molecule has 0 saturated heterocycles. The molecule has 1 atom stereocenters. The van der Waals surface area contributed by atoms with Gasteiger partial charge in [0, 0.05) is 78.0 Å². The Morgan fingerprint density at radius 3 is 2.01 bits per heavy atom. The maximum Gasteiger partial charge on any atom is 0.294 e. The highest BCUT2D eigenvalue weighted by Crippen LogP contribution is 2.52. The summed E-state index contributed by atoms with van der Waals surface area (Å²) in [4.78, 5) is 29.8. The molecule has 0 aliphatic carbocycles. The lowest BCUT2D eigenvalue weighted by Gasteiger charge is -2.30. The highest BCUT2D eigenvalue weighted by atomic mass is 32.2. The van der Waals surface area contributed by atoms with Gasteiger partial charge in [0.25, 0.3) is 40.5 Å². The summed E-state index contributed by atoms with van der Waals surface area (Å²) in [5, 5.41) is 2.88. The Hall–Kier alpha value is -6.03. The first kappa shape index (κ1) is 56.7. The first-order chi connectivity index (χ1) is 35.2. The van der Waals surface area contributed by atoms with Crippen LogP contribution in [-0.2, 0) is 67.4 Å². The van der Waals surface area contributed by atoms with Crippen molar-refractivity contribution in [1.82, 2.24) is 5.32 Å². The van der Waals surface area contributed by atoms with Crippen LogP contribution < -0.4 is 15.1 Å². The quantitative estimate of drug-likeness (QED) is 0.0227. The number of fused-ring (bicyclic) bond motifs is 4. The molecule has 2 amide bonds. The predicted molar refractivity (Wildman–Crippen MR) is 285 cm³/mol. The van der Waals surface area contributed by atoms with Gasteiger partial charge < -0.3 is 15.1 Å². The van der Waals surface area contributed by atoms with E-state index in [2.05, 4.69) is 17.2 Å². The van der Waals surface area contributed by atoms with Crippen LogP contribution in [0.5, 0.6) is 0 Å². The number of hydrogen-bond donors (Lipinski definition) is 5. The normalized spacial score (nSPS) is 17.7. The monoisotopic (exact) mass is 1110 g/mol. The molecule has 4 aromatic carbocycles. The Morgan fingerprint density at radius 1 is 0.693 bits per heavy atom. The molecule has 1 unspecified atom stereocenters. The van der Waals surface area contributed by atoms with E-state index in [0.717, 1.165) is 16.7 Å². The third-order valence-electron chi connectivity index (χ3n) is 13.9. The summed E-state index contributed by atoms with van der Waals surface area (Å²) in [6, 6.07) is 23.5. The smallest absolute Gasteiger partial charge is 0.294 e. The Bertz CT molecular complexity index is 3520. The molecule has 0 bridgehead atoms. The van der Waals surface area contributed by atoms with E-state index in [1.54, 1.807) is 27.7 Å². The van der Waals surface area contributed by atoms with Gasteiger partial charge in [-0.15, -0.1) is 0 Å². The molecule has 0 saturated carbocycles. The Labute approximate surface area is 439 Å². The van der Waals surface area contributed by atoms with Crippen LogP contribution in [0.15, 0.2) is 119 Å². The van der Waals surface area contributed by atoms with Gasteiger partial charge in [-0.3, -0.25) is 27.8 Å². The van der Waals surface area contributed by atoms with Gasteiger partial charge in [-0.05, 0) is 112 Å². The van der Waals surface area contributed by atoms with Crippen molar-refractivity contribution in [3.63, 3.8) is 0 Å². The lowest BCUT2D eigenvalue weighted by atomic mass is 9.77. The SMILES string of the molecule is CC1(C)C(C=CC=C2N(CCCCCC(=O)NCCC(=O)N3Cc4ccccc4C#Cc4ccccc43)c3ccc(S(=O)(=O)O)cc3C2(C)CCCCS(=O)(=O)O)=[N+](CCCS(=O)(=O)O)c2ccc(S(=O)(=O)O)cc21. The van der Waals surface area contributed by atoms with E-state index in [1.807, 2.05) is 80.3 Å². The van der Waals surface area contributed by atoms with Crippen molar-refractivity contribution in [2.75, 3.05) is 40.9 Å². The van der Waals surface area contributed by atoms with Crippen LogP contribution in [0, 0.1) is 11.8 Å². The lowest BCUT2D eigenvalue weighted by Crippen LogP contribution is -2.35. The maximum absolute atomic E-state index is 13.7. The number of rotatable bonds is 22. The summed E-state index contributed by atoms with van der Waals surface area (Å²) in [6.07, 6.45) is 7.78. The van der Waals surface area contributed by atoms with Gasteiger partial charge >= 0.3 is 0 Å². The van der Waals surface area contributed by atoms with Crippen LogP contribution in [0.3, 0.4) is 0 Å². The van der Waals surface area contributed by atoms with Crippen molar-refractivity contribution in [3.05, 3.63) is 137 Å². The minimum atomic E-state index is -4.68. The lowest BCUT2D eigenvalue weighted by molar-refractivity contribution is -0.437. The van der Waals surface area contributed by atoms with Crippen LogP contribution in [0.4, 0.5) is 17.1 Å². The molecule has 0 radical (unpaired) electrons. The number of hydrogen-bond acceptors (Lipinski definition) is 11. The molecule has 75 heavy (non-hydrogen) atoms. The zero-order chi connectivity index (χ0) is 54.6. The number of nitrogens with zero attached hydrogens (tertiary/aromatic N) is 3. The highest BCUT2D eigenvalue weighted by molar-refractivity contribution is 7.86. The summed E-state index contributed by atoms with van der Waals surface area (Å²) < 4.78 is 137. The highest BCUT2D eigenvalue weighted by Gasteiger charge is 2.46. The fraction of sp³-hybridized carbons (Fsp3) is 0.377. The molecule has 0 spiro atoms. The van der Waals surface area contributed by atoms with E-state index >= 15 is 0 Å². The number of amides is 2. The molecule has 0 fully saturated rings. The van der Waals surface area contributed by atoms with Crippen molar-refractivity contribution < 1.29 is 66.0 Å². The van der Waals surface area contributed by atoms with Crippen molar-refractivity contribution in [2.24, 2.45) is 0 Å². The molecule has 400 valence electrons. The average molecular weight is 1110 g/mol. The topological polar surface area (TPSA) is 273 Å². The molecule has 3 heterocycles. The molecular weight excluding hydrogens is 1040 g/mol. The average Bonchev–Trinajstić information content (AvgIpc) is 3.68. The van der Waals surface area contributed by atoms with Gasteiger partial charge in [0.2, 0.25) is 17.5 Å². The maximum atomic E-state index is 13.7. The van der Waals surface area contributed by atoms with Crippen molar-refractivity contribution in [3.8, 4) is 11.8 Å². The van der Waals surface area contributed by atoms with Gasteiger partial charge in [-0.2, -0.15) is 38.2 Å². The molecule has 3 aliphatic rings. The molecule has 4 aromatic rings. The number of unbranched alkanes of at least 4 members (excludes halogenated alkanes) is 3. The van der Waals surface area contributed by atoms with Crippen LogP contribution >= 0.6 is 0 Å². The molecule has 18 nitrogen and oxygen atoms in total. The standard InChI is InChI=1S/C53H60N4O14S4/c1-52(2)43-35-41(74(66,67)68)24-26-46(43)55(32-14-34-73(63,64)65)48(52)19-13-20-49-53(3,29-10-12-33-72(60,61)62)44-36-42(75(69,70)71)25-27-47(44)56(49)31-11-4-5-21-50(58)54-30-28-51(59)57-37-40-17-7-6-15-38(40)22-23-39-16-8-9-18-45(39)57/h6-9,13,15-20,24-27,35-36H,4-5,10-12,14,21,28-34,37H2,1-3H3,(H4-,54,58,60,61,62,63,64,65,66,67,68,69,70,71)/p+1. The third-order valence-corrected chi connectivity index (χ3v) is 17.2. The molecule has 5 N–H and O–H groups in total. The van der Waals surface area contributed by atoms with Crippen LogP contribution in [0.1, 0.15) is 106 Å². The minimum absolute atomic E-state index is 0.00462. The Morgan fingerprint density at radius 2 is 1.32 bits per heavy atom. The molecular formula is C53H61N4O14S4+. The second-order valence-corrected chi connectivity index (χ2v) is 25.5. The third kappa shape index (κ3) is 13.7. The summed E-state index contributed by atoms with van der Waals surface area (Å²) in [5.41, 5.74) is 4.71. The van der Waals surface area contributed by atoms with E-state index < -0.39 is 62.8 Å². The molecule has 7 rings (SSSR count). The fourth-order valence-corrected chi connectivity index (χ4v) is 12.2. The van der Waals surface area contributed by atoms with Gasteiger partial charge in [-0.25, -0.2) is 0 Å². The van der Waals surface area contributed by atoms with Crippen molar-refractivity contribution >= 4 is 75.1 Å². The Kier molecular flexibility index (Phi) is 17.1. The minimum Gasteiger partial charge on any atom is -0.356 e. The fourth-order valence-electron chi connectivity index (χ4n) is 10.1. The summed E-state index contributed by atoms with van der Waals surface area (Å²) >= 11 is 0. The van der Waals surface area contributed by atoms with Gasteiger partial charge in [0.1, 0.15) is 6.54 Å². The van der Waals surface area contributed by atoms with E-state index in [1.165, 1.54) is 30.3 Å². The van der Waals surface area contributed by atoms with E-state index in [4.69, 9.17) is 0 Å². The summed E-state index contributed by atoms with van der Waals surface area (Å²) in [5.74, 6) is 4.93. The van der Waals surface area contributed by atoms with Gasteiger partial charge in [0.15, 0.2) is 5.71 Å². The molecule has 3 aliphatic heterocycles. The first-order valence-corrected chi connectivity index (χ1v) is 30.5. The van der Waals surface area contributed by atoms with Crippen LogP contribution in [0.2, 0.25) is 0 Å². The molecule has 0 aromatic heterocycles. The zero-order valence-corrected chi connectivity index (χ0v) is 45.0. The van der Waals surface area contributed by atoms with E-state index in [0.29, 0.717) is 71.9 Å². The first-order valence-electron chi connectivity index (χ1n) is 24.4. The van der Waals surface area contributed by atoms with Gasteiger partial charge in [0.05, 0.1) is 38.9 Å². The second-order valence-electron chi connectivity index (χ2n) is 19.6. The number of allylic oxidation sites excluding steroid dienone is 4. The molecule has 22 heteroatoms. The number of benzene rings is 4. The predicted octanol–water partition coefficient (Wildman–Crippen LogP) is 7.12. The van der Waals surface area contributed by atoms with E-state index in [9.17, 15) is 61.5 Å². The number of para-hydroxylation sites is 1. The van der Waals surface area contributed by atoms with Gasteiger partial charge in [-0.1, -0.05) is 61.1 Å². The van der Waals surface area contributed by atoms with Crippen LogP contribution in [-0.4, -0.2) is 105 Å². The second kappa shape index (κ2) is 22.7. The van der Waals surface area contributed by atoms with E-state index in [-0.39, 0.29) is 73.2 Å². The van der Waals surface area contributed by atoms with Crippen molar-refractivity contribution in [1.29, 1.82) is 0 Å². The van der Waals surface area contributed by atoms with Crippen molar-refractivity contribution in [2.45, 2.75) is 106 Å². The zero-order valence-electron chi connectivity index (χ0n) is 41.8. The van der Waals surface area contributed by atoms with Crippen LogP contribution in [0.25, 0.3) is 0 Å². The largest absolute Gasteiger partial charge is 0.356 e. The number of carbonyl (C=O) groups excluding carboxylic acids is 2. The summed E-state index contributed by atoms with van der Waals surface area (Å²) in [7, 11) is -17.9. The number of carbonyl (C=O) groups is 2. The Balaban J connectivity index is 1.11. The number of nitrogens with one attached hydrogen (secondary N) is 1. The summed E-state index contributed by atoms with van der Waals surface area (Å²) in [6.45, 7) is 6.43.